The lowest BCUT2D eigenvalue weighted by Crippen LogP contribution is -2.20. The molecule has 0 aliphatic heterocycles. The third-order valence-electron chi connectivity index (χ3n) is 9.31. The normalized spacial score (nSPS) is 11.5. The van der Waals surface area contributed by atoms with E-state index in [9.17, 15) is 9.59 Å². The molecule has 1 atom stereocenters. The molecular weight excluding hydrogens is 680 g/mol. The van der Waals surface area contributed by atoms with E-state index in [1.165, 1.54) is 61.6 Å². The first-order chi connectivity index (χ1) is 26.3. The molecule has 0 radical (unpaired) electrons. The molecule has 0 heterocycles. The lowest BCUT2D eigenvalue weighted by Gasteiger charge is -2.14. The van der Waals surface area contributed by atoms with Crippen LogP contribution in [0.25, 0.3) is 33.4 Å². The van der Waals surface area contributed by atoms with Crippen molar-refractivity contribution in [1.82, 2.24) is 0 Å². The van der Waals surface area contributed by atoms with Crippen LogP contribution in [0.5, 0.6) is 11.5 Å². The van der Waals surface area contributed by atoms with Crippen LogP contribution in [0.1, 0.15) is 70.8 Å². The Morgan fingerprint density at radius 3 is 1.65 bits per heavy atom. The van der Waals surface area contributed by atoms with Gasteiger partial charge in [-0.25, -0.2) is 4.79 Å². The van der Waals surface area contributed by atoms with Crippen molar-refractivity contribution in [1.29, 1.82) is 0 Å². The van der Waals surface area contributed by atoms with E-state index in [4.69, 9.17) is 29.2 Å². The smallest absolute Gasteiger partial charge is 0.335 e. The molecule has 4 aromatic carbocycles. The van der Waals surface area contributed by atoms with Gasteiger partial charge in [-0.1, -0.05) is 125 Å². The van der Waals surface area contributed by atoms with Gasteiger partial charge in [-0.15, -0.1) is 0 Å². The van der Waals surface area contributed by atoms with E-state index >= 15 is 0 Å². The minimum absolute atomic E-state index is 0.0173. The van der Waals surface area contributed by atoms with Crippen LogP contribution in [0.4, 0.5) is 0 Å². The SMILES string of the molecule is C=C(CO)C(=O)OCCOc1ccc(-c2ccc(-c3ccc(-c4ccc(OCCOC(=O)C(C)CO)cc4)cc3)c(CCCCCCCCCC)c2)cc1. The van der Waals surface area contributed by atoms with Gasteiger partial charge in [0.2, 0.25) is 0 Å². The maximum Gasteiger partial charge on any atom is 0.335 e. The summed E-state index contributed by atoms with van der Waals surface area (Å²) >= 11 is 0. The molecule has 0 saturated carbocycles. The van der Waals surface area contributed by atoms with Gasteiger partial charge in [0, 0.05) is 0 Å². The summed E-state index contributed by atoms with van der Waals surface area (Å²) in [4.78, 5) is 23.4. The molecule has 4 aromatic rings. The number of ether oxygens (including phenoxy) is 4. The molecule has 0 amide bonds. The molecule has 1 unspecified atom stereocenters. The van der Waals surface area contributed by atoms with Gasteiger partial charge in [-0.2, -0.15) is 0 Å². The number of aliphatic hydroxyl groups is 2. The third-order valence-corrected chi connectivity index (χ3v) is 9.31. The van der Waals surface area contributed by atoms with Crippen LogP contribution in [0, 0.1) is 5.92 Å². The van der Waals surface area contributed by atoms with E-state index in [1.54, 1.807) is 6.92 Å². The van der Waals surface area contributed by atoms with E-state index < -0.39 is 24.5 Å². The number of unbranched alkanes of at least 4 members (excludes halogenated alkanes) is 7. The fourth-order valence-corrected chi connectivity index (χ4v) is 6.02. The van der Waals surface area contributed by atoms with E-state index in [0.29, 0.717) is 11.5 Å². The zero-order valence-corrected chi connectivity index (χ0v) is 31.9. The summed E-state index contributed by atoms with van der Waals surface area (Å²) in [6.07, 6.45) is 11.2. The van der Waals surface area contributed by atoms with E-state index in [1.807, 2.05) is 48.5 Å². The molecule has 288 valence electrons. The van der Waals surface area contributed by atoms with Crippen LogP contribution >= 0.6 is 0 Å². The summed E-state index contributed by atoms with van der Waals surface area (Å²) in [7, 11) is 0. The van der Waals surface area contributed by atoms with Crippen molar-refractivity contribution in [3.63, 3.8) is 0 Å². The van der Waals surface area contributed by atoms with E-state index in [-0.39, 0.29) is 38.6 Å². The molecule has 54 heavy (non-hydrogen) atoms. The fraction of sp³-hybridized carbons (Fsp3) is 0.391. The zero-order valence-electron chi connectivity index (χ0n) is 31.9. The molecule has 2 N–H and O–H groups in total. The first kappa shape index (κ1) is 41.8. The van der Waals surface area contributed by atoms with E-state index in [2.05, 4.69) is 56.0 Å². The number of carbonyl (C=O) groups excluding carboxylic acids is 2. The lowest BCUT2D eigenvalue weighted by molar-refractivity contribution is -0.150. The number of aliphatic hydroxyl groups excluding tert-OH is 2. The Bertz CT molecular complexity index is 1730. The number of rotatable bonds is 24. The maximum absolute atomic E-state index is 11.7. The van der Waals surface area contributed by atoms with Gasteiger partial charge in [-0.05, 0) is 83.0 Å². The molecule has 0 aromatic heterocycles. The van der Waals surface area contributed by atoms with Crippen LogP contribution < -0.4 is 9.47 Å². The lowest BCUT2D eigenvalue weighted by atomic mass is 9.91. The standard InChI is InChI=1S/C46H56O8/c1-4-5-6-7-8-9-10-11-12-41-31-40(38-19-24-43(25-20-38)52-28-30-54-46(50)35(3)33-48)21-26-44(41)39-15-13-36(14-16-39)37-17-22-42(23-18-37)51-27-29-53-45(49)34(2)32-47/h13-26,31,34,47-48H,3-12,27-30,32-33H2,1-2H3. The molecule has 8 heteroatoms. The molecule has 8 nitrogen and oxygen atoms in total. The topological polar surface area (TPSA) is 112 Å². The Kier molecular flexibility index (Phi) is 17.8. The first-order valence-corrected chi connectivity index (χ1v) is 19.3. The van der Waals surface area contributed by atoms with Crippen LogP contribution in [-0.2, 0) is 25.5 Å². The number of carbonyl (C=O) groups is 2. The van der Waals surface area contributed by atoms with Crippen molar-refractivity contribution in [3.8, 4) is 44.9 Å². The fourth-order valence-electron chi connectivity index (χ4n) is 6.02. The number of aryl methyl sites for hydroxylation is 1. The van der Waals surface area contributed by atoms with Crippen LogP contribution in [0.15, 0.2) is 103 Å². The highest BCUT2D eigenvalue weighted by Gasteiger charge is 2.13. The van der Waals surface area contributed by atoms with Crippen molar-refractivity contribution in [2.24, 2.45) is 5.92 Å². The predicted molar refractivity (Wildman–Crippen MR) is 214 cm³/mol. The Morgan fingerprint density at radius 2 is 1.09 bits per heavy atom. The summed E-state index contributed by atoms with van der Waals surface area (Å²) in [5.74, 6) is -0.223. The van der Waals surface area contributed by atoms with Gasteiger partial charge in [0.25, 0.3) is 0 Å². The highest BCUT2D eigenvalue weighted by atomic mass is 16.6. The Hall–Kier alpha value is -4.92. The van der Waals surface area contributed by atoms with E-state index in [0.717, 1.165) is 35.1 Å². The molecule has 0 aliphatic carbocycles. The van der Waals surface area contributed by atoms with Crippen molar-refractivity contribution in [2.75, 3.05) is 39.6 Å². The minimum Gasteiger partial charge on any atom is -0.490 e. The van der Waals surface area contributed by atoms with Gasteiger partial charge in [0.1, 0.15) is 37.9 Å². The molecule has 0 aliphatic rings. The predicted octanol–water partition coefficient (Wildman–Crippen LogP) is 9.39. The Labute approximate surface area is 320 Å². The molecular formula is C46H56O8. The average molecular weight is 737 g/mol. The number of benzene rings is 4. The van der Waals surface area contributed by atoms with Crippen LogP contribution in [0.3, 0.4) is 0 Å². The second-order valence-corrected chi connectivity index (χ2v) is 13.6. The third kappa shape index (κ3) is 13.5. The largest absolute Gasteiger partial charge is 0.490 e. The summed E-state index contributed by atoms with van der Waals surface area (Å²) in [5.41, 5.74) is 8.19. The molecule has 0 saturated heterocycles. The van der Waals surface area contributed by atoms with Crippen molar-refractivity contribution < 1.29 is 38.7 Å². The van der Waals surface area contributed by atoms with Crippen LogP contribution in [-0.4, -0.2) is 61.8 Å². The number of hydrogen-bond donors (Lipinski definition) is 2. The van der Waals surface area contributed by atoms with Crippen molar-refractivity contribution in [2.45, 2.75) is 71.6 Å². The summed E-state index contributed by atoms with van der Waals surface area (Å²) in [6, 6.07) is 31.2. The highest BCUT2D eigenvalue weighted by Crippen LogP contribution is 2.33. The van der Waals surface area contributed by atoms with Crippen LogP contribution in [0.2, 0.25) is 0 Å². The van der Waals surface area contributed by atoms with Gasteiger partial charge < -0.3 is 29.2 Å². The zero-order chi connectivity index (χ0) is 38.5. The Morgan fingerprint density at radius 1 is 0.611 bits per heavy atom. The van der Waals surface area contributed by atoms with Crippen molar-refractivity contribution in [3.05, 3.63) is 109 Å². The highest BCUT2D eigenvalue weighted by molar-refractivity contribution is 5.87. The van der Waals surface area contributed by atoms with Gasteiger partial charge in [-0.3, -0.25) is 4.79 Å². The quantitative estimate of drug-likeness (QED) is 0.0416. The summed E-state index contributed by atoms with van der Waals surface area (Å²) in [5, 5.41) is 18.1. The monoisotopic (exact) mass is 736 g/mol. The number of hydrogen-bond acceptors (Lipinski definition) is 8. The van der Waals surface area contributed by atoms with Crippen molar-refractivity contribution >= 4 is 11.9 Å². The summed E-state index contributed by atoms with van der Waals surface area (Å²) < 4.78 is 21.7. The second kappa shape index (κ2) is 23.0. The van der Waals surface area contributed by atoms with Gasteiger partial charge >= 0.3 is 11.9 Å². The first-order valence-electron chi connectivity index (χ1n) is 19.3. The minimum atomic E-state index is -0.624. The maximum atomic E-state index is 11.7. The van der Waals surface area contributed by atoms with Gasteiger partial charge in [0.15, 0.2) is 0 Å². The summed E-state index contributed by atoms with van der Waals surface area (Å²) in [6.45, 7) is 7.31. The Balaban J connectivity index is 1.40. The molecule has 0 spiro atoms. The molecule has 0 bridgehead atoms. The average Bonchev–Trinajstić information content (AvgIpc) is 3.21. The molecule has 0 fully saturated rings. The van der Waals surface area contributed by atoms with Gasteiger partial charge in [0.05, 0.1) is 24.7 Å². The number of esters is 2. The molecule has 4 rings (SSSR count). The second-order valence-electron chi connectivity index (χ2n) is 13.6.